The number of aryl methyl sites for hydroxylation is 1. The molecular weight excluding hydrogens is 520 g/mol. The third kappa shape index (κ3) is 5.31. The van der Waals surface area contributed by atoms with Crippen molar-refractivity contribution in [3.8, 4) is 16.8 Å². The number of rotatable bonds is 7. The van der Waals surface area contributed by atoms with Crippen LogP contribution >= 0.6 is 11.6 Å². The molecule has 4 aromatic rings. The molecule has 3 aromatic carbocycles. The van der Waals surface area contributed by atoms with Crippen molar-refractivity contribution in [1.82, 2.24) is 25.0 Å². The van der Waals surface area contributed by atoms with E-state index in [9.17, 15) is 4.79 Å². The topological polar surface area (TPSA) is 75.4 Å². The van der Waals surface area contributed by atoms with Crippen molar-refractivity contribution in [3.63, 3.8) is 0 Å². The highest BCUT2D eigenvalue weighted by Crippen LogP contribution is 2.35. The van der Waals surface area contributed by atoms with Crippen LogP contribution in [0.25, 0.3) is 16.8 Å². The van der Waals surface area contributed by atoms with Crippen LogP contribution in [0.5, 0.6) is 0 Å². The van der Waals surface area contributed by atoms with Crippen molar-refractivity contribution in [1.29, 1.82) is 0 Å². The molecule has 0 saturated carbocycles. The molecule has 1 unspecified atom stereocenters. The molecule has 0 bridgehead atoms. The van der Waals surface area contributed by atoms with Gasteiger partial charge in [-0.3, -0.25) is 19.3 Å². The number of nitrogens with zero attached hydrogens (tertiary/aromatic N) is 5. The van der Waals surface area contributed by atoms with E-state index in [-0.39, 0.29) is 12.3 Å². The van der Waals surface area contributed by atoms with E-state index in [2.05, 4.69) is 62.9 Å². The summed E-state index contributed by atoms with van der Waals surface area (Å²) in [5, 5.41) is 12.4. The predicted octanol–water partition coefficient (Wildman–Crippen LogP) is 5.91. The lowest BCUT2D eigenvalue weighted by molar-refractivity contribution is -0.121. The highest BCUT2D eigenvalue weighted by Gasteiger charge is 2.30. The van der Waals surface area contributed by atoms with Gasteiger partial charge in [-0.1, -0.05) is 48.0 Å². The Labute approximate surface area is 239 Å². The summed E-state index contributed by atoms with van der Waals surface area (Å²) < 4.78 is 2.04. The van der Waals surface area contributed by atoms with Gasteiger partial charge in [0.1, 0.15) is 11.9 Å². The average molecular weight is 553 g/mol. The first-order chi connectivity index (χ1) is 19.5. The van der Waals surface area contributed by atoms with Crippen LogP contribution in [-0.4, -0.2) is 50.9 Å². The fraction of sp³-hybridized carbons (Fsp3) is 0.312. The Morgan fingerprint density at radius 2 is 1.73 bits per heavy atom. The second-order valence-corrected chi connectivity index (χ2v) is 11.0. The predicted molar refractivity (Wildman–Crippen MR) is 159 cm³/mol. The third-order valence-corrected chi connectivity index (χ3v) is 7.91. The monoisotopic (exact) mass is 552 g/mol. The molecule has 3 heterocycles. The summed E-state index contributed by atoms with van der Waals surface area (Å²) in [5.41, 5.74) is 7.24. The van der Waals surface area contributed by atoms with E-state index in [1.807, 2.05) is 42.7 Å². The minimum absolute atomic E-state index is 0.0691. The molecule has 0 spiro atoms. The number of carbonyl (C=O) groups excluding carboxylic acids is 1. The molecule has 1 aromatic heterocycles. The number of nitrogens with one attached hydrogen (secondary N) is 1. The Kier molecular flexibility index (Phi) is 7.50. The quantitative estimate of drug-likeness (QED) is 0.309. The van der Waals surface area contributed by atoms with Crippen LogP contribution < -0.4 is 5.32 Å². The number of hydrogen-bond donors (Lipinski definition) is 1. The smallest absolute Gasteiger partial charge is 0.222 e. The van der Waals surface area contributed by atoms with E-state index in [4.69, 9.17) is 16.6 Å². The molecular formula is C32H33ClN6O. The Bertz CT molecular complexity index is 1570. The summed E-state index contributed by atoms with van der Waals surface area (Å²) in [5.74, 6) is 1.35. The van der Waals surface area contributed by atoms with Gasteiger partial charge >= 0.3 is 0 Å². The van der Waals surface area contributed by atoms with E-state index in [1.165, 1.54) is 37.1 Å². The molecule has 204 valence electrons. The number of benzene rings is 3. The van der Waals surface area contributed by atoms with Gasteiger partial charge in [0.25, 0.3) is 0 Å². The van der Waals surface area contributed by atoms with E-state index >= 15 is 0 Å². The largest absolute Gasteiger partial charge is 0.356 e. The van der Waals surface area contributed by atoms with Crippen LogP contribution in [0.15, 0.2) is 71.7 Å². The van der Waals surface area contributed by atoms with Gasteiger partial charge in [0.15, 0.2) is 5.82 Å². The molecule has 2 aliphatic heterocycles. The number of carbonyl (C=O) groups is 1. The maximum Gasteiger partial charge on any atom is 0.222 e. The minimum Gasteiger partial charge on any atom is -0.356 e. The van der Waals surface area contributed by atoms with Crippen LogP contribution in [0.4, 0.5) is 0 Å². The molecule has 7 nitrogen and oxygen atoms in total. The number of aromatic nitrogens is 3. The molecule has 40 heavy (non-hydrogen) atoms. The van der Waals surface area contributed by atoms with E-state index in [0.717, 1.165) is 40.5 Å². The zero-order valence-corrected chi connectivity index (χ0v) is 23.7. The maximum atomic E-state index is 12.7. The Hall–Kier alpha value is -3.81. The number of fused-ring (bicyclic) bond motifs is 3. The van der Waals surface area contributed by atoms with Gasteiger partial charge in [0, 0.05) is 29.2 Å². The number of halogens is 1. The lowest BCUT2D eigenvalue weighted by atomic mass is 9.95. The number of amides is 1. The second kappa shape index (κ2) is 11.4. The lowest BCUT2D eigenvalue weighted by Gasteiger charge is -2.17. The summed E-state index contributed by atoms with van der Waals surface area (Å²) in [7, 11) is 0. The molecule has 1 amide bonds. The molecule has 1 N–H and O–H groups in total. The SMILES string of the molecule is CCNC(=O)CC1N=C(c2ccc(Cl)cc2)c2cc(-c3cccc(CN4CCCC4)c3)ccc2-n2c(C)nnc21. The first-order valence-electron chi connectivity index (χ1n) is 14.0. The van der Waals surface area contributed by atoms with Crippen LogP contribution in [0, 0.1) is 6.92 Å². The lowest BCUT2D eigenvalue weighted by Crippen LogP contribution is -2.25. The molecule has 0 aliphatic carbocycles. The van der Waals surface area contributed by atoms with Gasteiger partial charge < -0.3 is 5.32 Å². The van der Waals surface area contributed by atoms with Crippen molar-refractivity contribution in [2.24, 2.45) is 4.99 Å². The maximum absolute atomic E-state index is 12.7. The number of likely N-dealkylation sites (tertiary alicyclic amines) is 1. The van der Waals surface area contributed by atoms with E-state index < -0.39 is 6.04 Å². The standard InChI is InChI=1S/C32H33ClN6O/c1-3-34-30(40)19-28-32-37-36-21(2)39(32)29-14-11-25(18-27(29)31(35-28)23-9-12-26(33)13-10-23)24-8-6-7-22(17-24)20-38-15-4-5-16-38/h6-14,17-18,28H,3-5,15-16,19-20H2,1-2H3,(H,34,40). The number of hydrogen-bond acceptors (Lipinski definition) is 5. The Balaban J connectivity index is 1.48. The van der Waals surface area contributed by atoms with E-state index in [1.54, 1.807) is 0 Å². The summed E-state index contributed by atoms with van der Waals surface area (Å²) in [6.07, 6.45) is 2.74. The Morgan fingerprint density at radius 3 is 2.50 bits per heavy atom. The fourth-order valence-electron chi connectivity index (χ4n) is 5.74. The first kappa shape index (κ1) is 26.4. The van der Waals surface area contributed by atoms with E-state index in [0.29, 0.717) is 17.4 Å². The zero-order valence-electron chi connectivity index (χ0n) is 22.9. The van der Waals surface area contributed by atoms with Gasteiger partial charge in [-0.15, -0.1) is 10.2 Å². The summed E-state index contributed by atoms with van der Waals surface area (Å²) in [6.45, 7) is 7.72. The van der Waals surface area contributed by atoms with Crippen molar-refractivity contribution in [2.75, 3.05) is 19.6 Å². The van der Waals surface area contributed by atoms with Gasteiger partial charge in [-0.25, -0.2) is 0 Å². The minimum atomic E-state index is -0.488. The highest BCUT2D eigenvalue weighted by molar-refractivity contribution is 6.30. The summed E-state index contributed by atoms with van der Waals surface area (Å²) >= 11 is 6.25. The normalized spacial score (nSPS) is 16.7. The second-order valence-electron chi connectivity index (χ2n) is 10.5. The van der Waals surface area contributed by atoms with Crippen LogP contribution in [-0.2, 0) is 11.3 Å². The third-order valence-electron chi connectivity index (χ3n) is 7.66. The van der Waals surface area contributed by atoms with Crippen molar-refractivity contribution >= 4 is 23.2 Å². The molecule has 1 fully saturated rings. The van der Waals surface area contributed by atoms with Gasteiger partial charge in [0.2, 0.25) is 5.91 Å². The van der Waals surface area contributed by atoms with Crippen LogP contribution in [0.2, 0.25) is 5.02 Å². The van der Waals surface area contributed by atoms with Gasteiger partial charge in [-0.05, 0) is 86.8 Å². The molecule has 1 saturated heterocycles. The van der Waals surface area contributed by atoms with Gasteiger partial charge in [-0.2, -0.15) is 0 Å². The summed E-state index contributed by atoms with van der Waals surface area (Å²) in [4.78, 5) is 20.5. The van der Waals surface area contributed by atoms with Gasteiger partial charge in [0.05, 0.1) is 17.8 Å². The Morgan fingerprint density at radius 1 is 0.975 bits per heavy atom. The summed E-state index contributed by atoms with van der Waals surface area (Å²) in [6, 6.07) is 22.5. The molecule has 2 aliphatic rings. The van der Waals surface area contributed by atoms with Crippen LogP contribution in [0.3, 0.4) is 0 Å². The van der Waals surface area contributed by atoms with Crippen LogP contribution in [0.1, 0.15) is 60.6 Å². The fourth-order valence-corrected chi connectivity index (χ4v) is 5.87. The van der Waals surface area contributed by atoms with Crippen molar-refractivity contribution in [3.05, 3.63) is 100 Å². The highest BCUT2D eigenvalue weighted by atomic mass is 35.5. The molecule has 6 rings (SSSR count). The number of aliphatic imine (C=N–C) groups is 1. The molecule has 8 heteroatoms. The molecule has 0 radical (unpaired) electrons. The van der Waals surface area contributed by atoms with Crippen molar-refractivity contribution in [2.45, 2.75) is 45.7 Å². The van der Waals surface area contributed by atoms with Crippen molar-refractivity contribution < 1.29 is 4.79 Å². The first-order valence-corrected chi connectivity index (χ1v) is 14.4. The average Bonchev–Trinajstić information content (AvgIpc) is 3.58. The zero-order chi connectivity index (χ0) is 27.6. The molecule has 1 atom stereocenters.